The predicted octanol–water partition coefficient (Wildman–Crippen LogP) is 4.16. The number of hydrogen-bond donors (Lipinski definition) is 0. The van der Waals surface area contributed by atoms with E-state index in [1.807, 2.05) is 53.7 Å². The van der Waals surface area contributed by atoms with Crippen LogP contribution >= 0.6 is 0 Å². The van der Waals surface area contributed by atoms with E-state index in [2.05, 4.69) is 5.16 Å². The molecule has 0 aliphatic rings. The first-order valence-corrected chi connectivity index (χ1v) is 6.67. The summed E-state index contributed by atoms with van der Waals surface area (Å²) < 4.78 is 0. The van der Waals surface area contributed by atoms with Crippen molar-refractivity contribution < 1.29 is 9.63 Å². The van der Waals surface area contributed by atoms with Gasteiger partial charge in [0.2, 0.25) is 7.28 Å². The third kappa shape index (κ3) is 6.80. The van der Waals surface area contributed by atoms with Crippen molar-refractivity contribution in [2.45, 2.75) is 47.4 Å². The van der Waals surface area contributed by atoms with E-state index in [-0.39, 0.29) is 11.5 Å². The van der Waals surface area contributed by atoms with Crippen molar-refractivity contribution in [3.05, 3.63) is 29.8 Å². The maximum atomic E-state index is 11.9. The Hall–Kier alpha value is -1.58. The van der Waals surface area contributed by atoms with Gasteiger partial charge in [-0.05, 0) is 26.0 Å². The average molecular weight is 260 g/mol. The van der Waals surface area contributed by atoms with E-state index < -0.39 is 0 Å². The van der Waals surface area contributed by atoms with Gasteiger partial charge in [-0.1, -0.05) is 50.8 Å². The lowest BCUT2D eigenvalue weighted by Gasteiger charge is -2.07. The van der Waals surface area contributed by atoms with Gasteiger partial charge in [0.1, 0.15) is 5.68 Å². The Morgan fingerprint density at radius 1 is 1.21 bits per heavy atom. The first-order chi connectivity index (χ1) is 9.00. The standard InChI is InChI=1S/C13H17BNO2.C2H6/c1-9(2)14-13(16)11-7-5-6-8-12(11)17-15-10(3)4;1-2/h5-9H,1-4H3;1-2H3. The normalized spacial score (nSPS) is 9.21. The van der Waals surface area contributed by atoms with Gasteiger partial charge in [-0.3, -0.25) is 0 Å². The van der Waals surface area contributed by atoms with Crippen LogP contribution in [0.25, 0.3) is 0 Å². The van der Waals surface area contributed by atoms with Gasteiger partial charge >= 0.3 is 0 Å². The van der Waals surface area contributed by atoms with E-state index in [1.165, 1.54) is 0 Å². The fraction of sp³-hybridized carbons (Fsp3) is 0.467. The summed E-state index contributed by atoms with van der Waals surface area (Å²) in [6.07, 6.45) is 0. The summed E-state index contributed by atoms with van der Waals surface area (Å²) in [4.78, 5) is 17.2. The van der Waals surface area contributed by atoms with Crippen LogP contribution in [0.3, 0.4) is 0 Å². The Morgan fingerprint density at radius 3 is 2.32 bits per heavy atom. The maximum absolute atomic E-state index is 11.9. The monoisotopic (exact) mass is 260 g/mol. The second-order valence-electron chi connectivity index (χ2n) is 4.40. The van der Waals surface area contributed by atoms with Crippen LogP contribution in [0.1, 0.15) is 51.9 Å². The maximum Gasteiger partial charge on any atom is 0.212 e. The molecule has 0 spiro atoms. The van der Waals surface area contributed by atoms with Crippen LogP contribution < -0.4 is 4.84 Å². The van der Waals surface area contributed by atoms with E-state index >= 15 is 0 Å². The van der Waals surface area contributed by atoms with Gasteiger partial charge in [-0.15, -0.1) is 0 Å². The first kappa shape index (κ1) is 17.4. The van der Waals surface area contributed by atoms with Crippen molar-refractivity contribution >= 4 is 18.7 Å². The summed E-state index contributed by atoms with van der Waals surface area (Å²) in [6, 6.07) is 7.13. The molecular formula is C15H23BNO2. The smallest absolute Gasteiger partial charge is 0.212 e. The van der Waals surface area contributed by atoms with Crippen LogP contribution in [-0.4, -0.2) is 18.7 Å². The molecule has 3 nitrogen and oxygen atoms in total. The Kier molecular flexibility index (Phi) is 8.59. The topological polar surface area (TPSA) is 38.7 Å². The molecule has 0 aliphatic carbocycles. The summed E-state index contributed by atoms with van der Waals surface area (Å²) in [6.45, 7) is 11.6. The van der Waals surface area contributed by atoms with Crippen molar-refractivity contribution in [2.24, 2.45) is 5.16 Å². The molecule has 0 unspecified atom stereocenters. The van der Waals surface area contributed by atoms with Gasteiger partial charge in [0, 0.05) is 0 Å². The number of nitrogens with zero attached hydrogens (tertiary/aromatic N) is 1. The van der Waals surface area contributed by atoms with Crippen molar-refractivity contribution in [3.8, 4) is 5.75 Å². The fourth-order valence-electron chi connectivity index (χ4n) is 1.28. The van der Waals surface area contributed by atoms with Gasteiger partial charge in [-0.25, -0.2) is 0 Å². The number of carbonyl (C=O) groups is 1. The van der Waals surface area contributed by atoms with E-state index in [9.17, 15) is 4.79 Å². The molecule has 0 atom stereocenters. The molecule has 4 heteroatoms. The minimum absolute atomic E-state index is 0.0282. The molecule has 1 radical (unpaired) electrons. The van der Waals surface area contributed by atoms with Gasteiger partial charge in [0.25, 0.3) is 0 Å². The summed E-state index contributed by atoms with van der Waals surface area (Å²) in [5, 5.41) is 3.87. The van der Waals surface area contributed by atoms with Crippen molar-refractivity contribution in [3.63, 3.8) is 0 Å². The Balaban J connectivity index is 0.00000154. The van der Waals surface area contributed by atoms with Gasteiger partial charge in [-0.2, -0.15) is 0 Å². The molecule has 0 bridgehead atoms. The SMILES string of the molecule is CC.CC(C)=NOc1ccccc1C(=O)[B]C(C)C. The molecule has 19 heavy (non-hydrogen) atoms. The number of benzene rings is 1. The molecule has 0 N–H and O–H groups in total. The highest BCUT2D eigenvalue weighted by molar-refractivity contribution is 6.78. The van der Waals surface area contributed by atoms with Crippen LogP contribution in [0.5, 0.6) is 5.75 Å². The third-order valence-electron chi connectivity index (χ3n) is 1.96. The molecule has 0 fully saturated rings. The third-order valence-corrected chi connectivity index (χ3v) is 1.96. The molecule has 1 rings (SSSR count). The highest BCUT2D eigenvalue weighted by Crippen LogP contribution is 2.19. The quantitative estimate of drug-likeness (QED) is 0.453. The number of carbonyl (C=O) groups excluding carboxylic acids is 1. The second-order valence-corrected chi connectivity index (χ2v) is 4.40. The molecule has 0 aliphatic heterocycles. The summed E-state index contributed by atoms with van der Waals surface area (Å²) in [7, 11) is 1.67. The molecule has 1 aromatic carbocycles. The van der Waals surface area contributed by atoms with Gasteiger partial charge in [0.05, 0.1) is 11.3 Å². The van der Waals surface area contributed by atoms with E-state index in [0.717, 1.165) is 5.71 Å². The Bertz CT molecular complexity index is 424. The highest BCUT2D eigenvalue weighted by atomic mass is 16.6. The molecule has 1 aromatic rings. The van der Waals surface area contributed by atoms with Crippen molar-refractivity contribution in [2.75, 3.05) is 0 Å². The molecule has 0 saturated heterocycles. The zero-order chi connectivity index (χ0) is 14.8. The van der Waals surface area contributed by atoms with Crippen LogP contribution in [-0.2, 0) is 0 Å². The summed E-state index contributed by atoms with van der Waals surface area (Å²) in [5.74, 6) is 0.711. The largest absolute Gasteiger partial charge is 0.356 e. The highest BCUT2D eigenvalue weighted by Gasteiger charge is 2.14. The fourth-order valence-corrected chi connectivity index (χ4v) is 1.28. The molecule has 103 valence electrons. The van der Waals surface area contributed by atoms with Crippen molar-refractivity contribution in [1.82, 2.24) is 0 Å². The number of rotatable bonds is 5. The zero-order valence-corrected chi connectivity index (χ0v) is 12.7. The lowest BCUT2D eigenvalue weighted by atomic mass is 9.61. The molecular weight excluding hydrogens is 237 g/mol. The molecule has 0 amide bonds. The first-order valence-electron chi connectivity index (χ1n) is 6.67. The van der Waals surface area contributed by atoms with Gasteiger partial charge < -0.3 is 9.63 Å². The molecule has 0 saturated carbocycles. The number of oxime groups is 1. The molecule has 0 aromatic heterocycles. The minimum Gasteiger partial charge on any atom is -0.356 e. The van der Waals surface area contributed by atoms with Crippen LogP contribution in [0.15, 0.2) is 29.4 Å². The zero-order valence-electron chi connectivity index (χ0n) is 12.7. The number of hydrogen-bond acceptors (Lipinski definition) is 3. The number of para-hydroxylation sites is 1. The average Bonchev–Trinajstić information content (AvgIpc) is 2.38. The Labute approximate surface area is 117 Å². The van der Waals surface area contributed by atoms with E-state index in [0.29, 0.717) is 11.3 Å². The predicted molar refractivity (Wildman–Crippen MR) is 82.4 cm³/mol. The minimum atomic E-state index is -0.0282. The lowest BCUT2D eigenvalue weighted by molar-refractivity contribution is 0.107. The van der Waals surface area contributed by atoms with Crippen molar-refractivity contribution in [1.29, 1.82) is 0 Å². The van der Waals surface area contributed by atoms with Gasteiger partial charge in [0.15, 0.2) is 5.75 Å². The summed E-state index contributed by atoms with van der Waals surface area (Å²) >= 11 is 0. The van der Waals surface area contributed by atoms with E-state index in [4.69, 9.17) is 4.84 Å². The van der Waals surface area contributed by atoms with Crippen LogP contribution in [0.2, 0.25) is 5.82 Å². The second kappa shape index (κ2) is 9.37. The van der Waals surface area contributed by atoms with E-state index in [1.54, 1.807) is 19.4 Å². The van der Waals surface area contributed by atoms with Crippen LogP contribution in [0.4, 0.5) is 0 Å². The summed E-state index contributed by atoms with van der Waals surface area (Å²) in [5.41, 5.74) is 1.32. The lowest BCUT2D eigenvalue weighted by Crippen LogP contribution is -2.13. The Morgan fingerprint density at radius 2 is 1.79 bits per heavy atom. The van der Waals surface area contributed by atoms with Crippen LogP contribution in [0, 0.1) is 0 Å². The molecule has 0 heterocycles.